The molecular formula is C18H19N3O3S. The molecule has 6 nitrogen and oxygen atoms in total. The highest BCUT2D eigenvalue weighted by atomic mass is 32.2. The van der Waals surface area contributed by atoms with Gasteiger partial charge < -0.3 is 9.88 Å². The van der Waals surface area contributed by atoms with E-state index in [1.54, 1.807) is 6.08 Å². The summed E-state index contributed by atoms with van der Waals surface area (Å²) in [6.07, 6.45) is 5.96. The number of hydrogen-bond donors (Lipinski definition) is 1. The normalized spacial score (nSPS) is 19.2. The van der Waals surface area contributed by atoms with E-state index in [9.17, 15) is 13.2 Å². The molecule has 1 aromatic carbocycles. The van der Waals surface area contributed by atoms with Gasteiger partial charge in [-0.1, -0.05) is 18.2 Å². The molecule has 1 unspecified atom stereocenters. The van der Waals surface area contributed by atoms with Gasteiger partial charge in [0.2, 0.25) is 5.91 Å². The van der Waals surface area contributed by atoms with Gasteiger partial charge in [0.25, 0.3) is 0 Å². The van der Waals surface area contributed by atoms with E-state index in [0.29, 0.717) is 19.4 Å². The summed E-state index contributed by atoms with van der Waals surface area (Å²) < 4.78 is 24.9. The maximum atomic E-state index is 12.1. The minimum Gasteiger partial charge on any atom is -0.349 e. The number of fused-ring (bicyclic) bond motifs is 1. The summed E-state index contributed by atoms with van der Waals surface area (Å²) in [7, 11) is -3.01. The molecule has 1 atom stereocenters. The predicted octanol–water partition coefficient (Wildman–Crippen LogP) is 1.87. The van der Waals surface area contributed by atoms with E-state index < -0.39 is 9.84 Å². The van der Waals surface area contributed by atoms with Crippen LogP contribution in [0.5, 0.6) is 0 Å². The Kier molecular flexibility index (Phi) is 4.91. The summed E-state index contributed by atoms with van der Waals surface area (Å²) in [6.45, 7) is 0.594. The summed E-state index contributed by atoms with van der Waals surface area (Å²) in [5, 5.41) is 12.5. The van der Waals surface area contributed by atoms with Crippen LogP contribution in [-0.4, -0.2) is 36.4 Å². The van der Waals surface area contributed by atoms with Crippen molar-refractivity contribution >= 4 is 32.7 Å². The summed E-state index contributed by atoms with van der Waals surface area (Å²) in [4.78, 5) is 12.1. The lowest BCUT2D eigenvalue weighted by molar-refractivity contribution is -0.116. The Morgan fingerprint density at radius 1 is 1.40 bits per heavy atom. The average Bonchev–Trinajstić information content (AvgIpc) is 3.11. The van der Waals surface area contributed by atoms with Crippen LogP contribution in [0.2, 0.25) is 0 Å². The fraction of sp³-hybridized carbons (Fsp3) is 0.333. The third kappa shape index (κ3) is 4.09. The standard InChI is InChI=1S/C18H19N3O3S/c19-9-3-10-21-12-14(16-4-1-2-5-17(16)21)6-7-18(22)20-15-8-11-25(23,24)13-15/h1-2,4-7,12,15H,3,8,10-11,13H2,(H,20,22)/b7-6+. The van der Waals surface area contributed by atoms with Gasteiger partial charge in [-0.05, 0) is 18.6 Å². The van der Waals surface area contributed by atoms with E-state index in [-0.39, 0.29) is 23.5 Å². The van der Waals surface area contributed by atoms with Gasteiger partial charge in [0.15, 0.2) is 9.84 Å². The molecular weight excluding hydrogens is 338 g/mol. The first-order valence-electron chi connectivity index (χ1n) is 8.12. The molecule has 1 saturated heterocycles. The van der Waals surface area contributed by atoms with Crippen molar-refractivity contribution in [3.8, 4) is 6.07 Å². The van der Waals surface area contributed by atoms with Crippen LogP contribution >= 0.6 is 0 Å². The van der Waals surface area contributed by atoms with Crippen molar-refractivity contribution in [2.24, 2.45) is 0 Å². The van der Waals surface area contributed by atoms with Gasteiger partial charge in [0, 0.05) is 41.3 Å². The van der Waals surface area contributed by atoms with Crippen molar-refractivity contribution in [1.29, 1.82) is 5.26 Å². The lowest BCUT2D eigenvalue weighted by atomic mass is 10.1. The molecule has 0 spiro atoms. The third-order valence-corrected chi connectivity index (χ3v) is 6.04. The highest BCUT2D eigenvalue weighted by molar-refractivity contribution is 7.91. The minimum absolute atomic E-state index is 0.0139. The van der Waals surface area contributed by atoms with Gasteiger partial charge in [-0.25, -0.2) is 8.42 Å². The minimum atomic E-state index is -3.01. The number of carbonyl (C=O) groups excluding carboxylic acids is 1. The average molecular weight is 357 g/mol. The first-order valence-corrected chi connectivity index (χ1v) is 9.94. The Balaban J connectivity index is 1.75. The van der Waals surface area contributed by atoms with Gasteiger partial charge in [0.1, 0.15) is 0 Å². The first kappa shape index (κ1) is 17.2. The van der Waals surface area contributed by atoms with Crippen LogP contribution in [0.4, 0.5) is 0 Å². The number of carbonyl (C=O) groups is 1. The lowest BCUT2D eigenvalue weighted by Crippen LogP contribution is -2.34. The van der Waals surface area contributed by atoms with E-state index in [0.717, 1.165) is 16.5 Å². The van der Waals surface area contributed by atoms with Crippen LogP contribution < -0.4 is 5.32 Å². The summed E-state index contributed by atoms with van der Waals surface area (Å²) in [5.74, 6) is -0.148. The van der Waals surface area contributed by atoms with Gasteiger partial charge in [0.05, 0.1) is 24.0 Å². The lowest BCUT2D eigenvalue weighted by Gasteiger charge is -2.07. The molecule has 1 aromatic heterocycles. The van der Waals surface area contributed by atoms with Crippen LogP contribution in [-0.2, 0) is 21.2 Å². The van der Waals surface area contributed by atoms with E-state index in [2.05, 4.69) is 11.4 Å². The highest BCUT2D eigenvalue weighted by Gasteiger charge is 2.28. The van der Waals surface area contributed by atoms with E-state index in [1.807, 2.05) is 35.0 Å². The largest absolute Gasteiger partial charge is 0.349 e. The number of rotatable bonds is 5. The van der Waals surface area contributed by atoms with Crippen molar-refractivity contribution in [1.82, 2.24) is 9.88 Å². The molecule has 7 heteroatoms. The molecule has 2 aromatic rings. The first-order chi connectivity index (χ1) is 12.0. The maximum Gasteiger partial charge on any atom is 0.244 e. The second-order valence-electron chi connectivity index (χ2n) is 6.14. The summed E-state index contributed by atoms with van der Waals surface area (Å²) in [6, 6.07) is 9.64. The number of nitrogens with zero attached hydrogens (tertiary/aromatic N) is 2. The number of nitriles is 1. The van der Waals surface area contributed by atoms with Crippen LogP contribution in [0.25, 0.3) is 17.0 Å². The molecule has 1 amide bonds. The maximum absolute atomic E-state index is 12.1. The number of sulfone groups is 1. The molecule has 1 N–H and O–H groups in total. The highest BCUT2D eigenvalue weighted by Crippen LogP contribution is 2.22. The van der Waals surface area contributed by atoms with Crippen molar-refractivity contribution in [2.75, 3.05) is 11.5 Å². The second-order valence-corrected chi connectivity index (χ2v) is 8.37. The molecule has 3 rings (SSSR count). The molecule has 1 fully saturated rings. The fourth-order valence-corrected chi connectivity index (χ4v) is 4.76. The fourth-order valence-electron chi connectivity index (χ4n) is 3.09. The Morgan fingerprint density at radius 3 is 2.92 bits per heavy atom. The number of aryl methyl sites for hydroxylation is 1. The van der Waals surface area contributed by atoms with Gasteiger partial charge in [-0.15, -0.1) is 0 Å². The molecule has 1 aliphatic rings. The van der Waals surface area contributed by atoms with Crippen LogP contribution in [0, 0.1) is 11.3 Å². The number of hydrogen-bond acceptors (Lipinski definition) is 4. The van der Waals surface area contributed by atoms with Gasteiger partial charge >= 0.3 is 0 Å². The zero-order chi connectivity index (χ0) is 17.9. The second kappa shape index (κ2) is 7.11. The van der Waals surface area contributed by atoms with Crippen molar-refractivity contribution in [2.45, 2.75) is 25.4 Å². The molecule has 1 aliphatic heterocycles. The number of nitrogens with one attached hydrogen (secondary N) is 1. The third-order valence-electron chi connectivity index (χ3n) is 4.28. The zero-order valence-corrected chi connectivity index (χ0v) is 14.5. The van der Waals surface area contributed by atoms with Crippen LogP contribution in [0.15, 0.2) is 36.5 Å². The number of para-hydroxylation sites is 1. The molecule has 0 radical (unpaired) electrons. The van der Waals surface area contributed by atoms with E-state index in [1.165, 1.54) is 6.08 Å². The van der Waals surface area contributed by atoms with Gasteiger partial charge in [-0.2, -0.15) is 5.26 Å². The van der Waals surface area contributed by atoms with Gasteiger partial charge in [-0.3, -0.25) is 4.79 Å². The molecule has 0 aliphatic carbocycles. The molecule has 130 valence electrons. The Morgan fingerprint density at radius 2 is 2.20 bits per heavy atom. The Bertz CT molecular complexity index is 967. The van der Waals surface area contributed by atoms with Crippen molar-refractivity contribution in [3.63, 3.8) is 0 Å². The van der Waals surface area contributed by atoms with Crippen LogP contribution in [0.3, 0.4) is 0 Å². The summed E-state index contributed by atoms with van der Waals surface area (Å²) >= 11 is 0. The monoisotopic (exact) mass is 357 g/mol. The summed E-state index contributed by atoms with van der Waals surface area (Å²) in [5.41, 5.74) is 1.91. The Labute approximate surface area is 146 Å². The molecule has 0 bridgehead atoms. The predicted molar refractivity (Wildman–Crippen MR) is 96.4 cm³/mol. The molecule has 0 saturated carbocycles. The number of amides is 1. The molecule has 25 heavy (non-hydrogen) atoms. The number of aromatic nitrogens is 1. The van der Waals surface area contributed by atoms with Crippen molar-refractivity contribution < 1.29 is 13.2 Å². The number of benzene rings is 1. The quantitative estimate of drug-likeness (QED) is 0.827. The van der Waals surface area contributed by atoms with Crippen molar-refractivity contribution in [3.05, 3.63) is 42.1 Å². The topological polar surface area (TPSA) is 92.0 Å². The SMILES string of the molecule is N#CCCn1cc(/C=C/C(=O)NC2CCS(=O)(=O)C2)c2ccccc21. The zero-order valence-electron chi connectivity index (χ0n) is 13.7. The Hall–Kier alpha value is -2.59. The van der Waals surface area contributed by atoms with E-state index >= 15 is 0 Å². The van der Waals surface area contributed by atoms with E-state index in [4.69, 9.17) is 5.26 Å². The molecule has 2 heterocycles. The smallest absolute Gasteiger partial charge is 0.244 e. The van der Waals surface area contributed by atoms with Crippen LogP contribution in [0.1, 0.15) is 18.4 Å².